The van der Waals surface area contributed by atoms with Crippen LogP contribution < -0.4 is 5.32 Å². The Balaban J connectivity index is 2.44. The predicted molar refractivity (Wildman–Crippen MR) is 63.5 cm³/mol. The van der Waals surface area contributed by atoms with Gasteiger partial charge in [-0.05, 0) is 44.6 Å². The van der Waals surface area contributed by atoms with Gasteiger partial charge in [-0.1, -0.05) is 33.6 Å². The molecule has 1 nitrogen and oxygen atoms in total. The number of nitrogens with one attached hydrogen (secondary N) is 1. The van der Waals surface area contributed by atoms with E-state index in [-0.39, 0.29) is 0 Å². The van der Waals surface area contributed by atoms with E-state index in [9.17, 15) is 0 Å². The van der Waals surface area contributed by atoms with Crippen LogP contribution in [0.25, 0.3) is 0 Å². The van der Waals surface area contributed by atoms with Gasteiger partial charge in [0.15, 0.2) is 0 Å². The summed E-state index contributed by atoms with van der Waals surface area (Å²) in [7, 11) is 0. The van der Waals surface area contributed by atoms with E-state index in [0.717, 1.165) is 11.8 Å². The number of rotatable bonds is 4. The van der Waals surface area contributed by atoms with E-state index in [1.807, 2.05) is 0 Å². The summed E-state index contributed by atoms with van der Waals surface area (Å²) >= 11 is 0. The van der Waals surface area contributed by atoms with E-state index in [0.29, 0.717) is 5.54 Å². The largest absolute Gasteiger partial charge is 0.312 e. The van der Waals surface area contributed by atoms with Gasteiger partial charge in [0.25, 0.3) is 0 Å². The zero-order valence-corrected chi connectivity index (χ0v) is 10.4. The lowest BCUT2D eigenvalue weighted by Crippen LogP contribution is -2.47. The molecule has 0 saturated heterocycles. The van der Waals surface area contributed by atoms with Crippen LogP contribution in [0.4, 0.5) is 0 Å². The first-order valence-corrected chi connectivity index (χ1v) is 6.32. The summed E-state index contributed by atoms with van der Waals surface area (Å²) in [6.45, 7) is 10.6. The molecule has 0 aromatic carbocycles. The SMILES string of the molecule is CCCNC1(C)CCCC(C(C)C)C1. The molecule has 0 radical (unpaired) electrons. The van der Waals surface area contributed by atoms with E-state index in [4.69, 9.17) is 0 Å². The van der Waals surface area contributed by atoms with Gasteiger partial charge in [0.1, 0.15) is 0 Å². The van der Waals surface area contributed by atoms with Crippen molar-refractivity contribution in [1.29, 1.82) is 0 Å². The summed E-state index contributed by atoms with van der Waals surface area (Å²) < 4.78 is 0. The summed E-state index contributed by atoms with van der Waals surface area (Å²) in [6.07, 6.45) is 6.86. The first-order valence-electron chi connectivity index (χ1n) is 6.32. The van der Waals surface area contributed by atoms with Crippen molar-refractivity contribution in [3.8, 4) is 0 Å². The first-order chi connectivity index (χ1) is 6.57. The second-order valence-corrected chi connectivity index (χ2v) is 5.59. The van der Waals surface area contributed by atoms with Crippen LogP contribution in [0.15, 0.2) is 0 Å². The maximum atomic E-state index is 3.73. The maximum absolute atomic E-state index is 3.73. The van der Waals surface area contributed by atoms with E-state index < -0.39 is 0 Å². The molecule has 0 aliphatic heterocycles. The third kappa shape index (κ3) is 3.27. The zero-order valence-electron chi connectivity index (χ0n) is 10.4. The van der Waals surface area contributed by atoms with Crippen molar-refractivity contribution >= 4 is 0 Å². The Morgan fingerprint density at radius 1 is 1.43 bits per heavy atom. The van der Waals surface area contributed by atoms with Gasteiger partial charge < -0.3 is 5.32 Å². The Morgan fingerprint density at radius 3 is 2.71 bits per heavy atom. The summed E-state index contributed by atoms with van der Waals surface area (Å²) in [5, 5.41) is 3.73. The van der Waals surface area contributed by atoms with Crippen LogP contribution in [0, 0.1) is 11.8 Å². The van der Waals surface area contributed by atoms with Gasteiger partial charge in [0.05, 0.1) is 0 Å². The lowest BCUT2D eigenvalue weighted by atomic mass is 9.72. The Bertz CT molecular complexity index is 165. The Kier molecular flexibility index (Phi) is 4.43. The standard InChI is InChI=1S/C13H27N/c1-5-9-14-13(4)8-6-7-12(10-13)11(2)3/h11-12,14H,5-10H2,1-4H3. The molecule has 2 unspecified atom stereocenters. The van der Waals surface area contributed by atoms with E-state index >= 15 is 0 Å². The lowest BCUT2D eigenvalue weighted by molar-refractivity contribution is 0.163. The molecular formula is C13H27N. The van der Waals surface area contributed by atoms with Crippen LogP contribution >= 0.6 is 0 Å². The number of hydrogen-bond acceptors (Lipinski definition) is 1. The average molecular weight is 197 g/mol. The molecule has 14 heavy (non-hydrogen) atoms. The van der Waals surface area contributed by atoms with Gasteiger partial charge in [0, 0.05) is 5.54 Å². The summed E-state index contributed by atoms with van der Waals surface area (Å²) in [6, 6.07) is 0. The fourth-order valence-electron chi connectivity index (χ4n) is 2.69. The lowest BCUT2D eigenvalue weighted by Gasteiger charge is -2.40. The highest BCUT2D eigenvalue weighted by Gasteiger charge is 2.32. The zero-order chi connectivity index (χ0) is 10.6. The average Bonchev–Trinajstić information content (AvgIpc) is 2.15. The molecule has 0 bridgehead atoms. The monoisotopic (exact) mass is 197 g/mol. The molecule has 0 heterocycles. The van der Waals surface area contributed by atoms with Crippen molar-refractivity contribution in [3.63, 3.8) is 0 Å². The summed E-state index contributed by atoms with van der Waals surface area (Å²) in [4.78, 5) is 0. The van der Waals surface area contributed by atoms with Crippen molar-refractivity contribution < 1.29 is 0 Å². The molecule has 1 rings (SSSR count). The van der Waals surface area contributed by atoms with Gasteiger partial charge in [-0.3, -0.25) is 0 Å². The summed E-state index contributed by atoms with van der Waals surface area (Å²) in [5.74, 6) is 1.80. The minimum absolute atomic E-state index is 0.434. The van der Waals surface area contributed by atoms with Crippen LogP contribution in [0.5, 0.6) is 0 Å². The van der Waals surface area contributed by atoms with Crippen molar-refractivity contribution in [3.05, 3.63) is 0 Å². The minimum Gasteiger partial charge on any atom is -0.312 e. The fourth-order valence-corrected chi connectivity index (χ4v) is 2.69. The van der Waals surface area contributed by atoms with Gasteiger partial charge in [-0.2, -0.15) is 0 Å². The van der Waals surface area contributed by atoms with Gasteiger partial charge in [-0.25, -0.2) is 0 Å². The van der Waals surface area contributed by atoms with Crippen molar-refractivity contribution in [2.24, 2.45) is 11.8 Å². The predicted octanol–water partition coefficient (Wildman–Crippen LogP) is 3.59. The highest BCUT2D eigenvalue weighted by molar-refractivity contribution is 4.90. The fraction of sp³-hybridized carbons (Fsp3) is 1.00. The Labute approximate surface area is 89.7 Å². The maximum Gasteiger partial charge on any atom is 0.0156 e. The molecular weight excluding hydrogens is 170 g/mol. The van der Waals surface area contributed by atoms with Crippen LogP contribution in [-0.2, 0) is 0 Å². The smallest absolute Gasteiger partial charge is 0.0156 e. The quantitative estimate of drug-likeness (QED) is 0.726. The molecule has 1 N–H and O–H groups in total. The first kappa shape index (κ1) is 12.0. The second-order valence-electron chi connectivity index (χ2n) is 5.59. The van der Waals surface area contributed by atoms with Crippen molar-refractivity contribution in [2.75, 3.05) is 6.54 Å². The normalized spacial score (nSPS) is 33.6. The highest BCUT2D eigenvalue weighted by Crippen LogP contribution is 2.35. The van der Waals surface area contributed by atoms with E-state index in [1.165, 1.54) is 38.6 Å². The molecule has 2 atom stereocenters. The molecule has 0 aromatic rings. The van der Waals surface area contributed by atoms with Crippen molar-refractivity contribution in [1.82, 2.24) is 5.32 Å². The number of hydrogen-bond donors (Lipinski definition) is 1. The molecule has 1 fully saturated rings. The summed E-state index contributed by atoms with van der Waals surface area (Å²) in [5.41, 5.74) is 0.434. The van der Waals surface area contributed by atoms with Gasteiger partial charge >= 0.3 is 0 Å². The van der Waals surface area contributed by atoms with E-state index in [2.05, 4.69) is 33.0 Å². The van der Waals surface area contributed by atoms with Crippen LogP contribution in [0.3, 0.4) is 0 Å². The molecule has 1 heteroatoms. The topological polar surface area (TPSA) is 12.0 Å². The van der Waals surface area contributed by atoms with Crippen LogP contribution in [0.1, 0.15) is 59.8 Å². The van der Waals surface area contributed by atoms with Gasteiger partial charge in [0.2, 0.25) is 0 Å². The van der Waals surface area contributed by atoms with Crippen LogP contribution in [0.2, 0.25) is 0 Å². The Morgan fingerprint density at radius 2 is 2.14 bits per heavy atom. The molecule has 84 valence electrons. The van der Waals surface area contributed by atoms with Gasteiger partial charge in [-0.15, -0.1) is 0 Å². The van der Waals surface area contributed by atoms with E-state index in [1.54, 1.807) is 0 Å². The third-order valence-electron chi connectivity index (χ3n) is 3.76. The van der Waals surface area contributed by atoms with Crippen LogP contribution in [-0.4, -0.2) is 12.1 Å². The molecule has 0 amide bonds. The third-order valence-corrected chi connectivity index (χ3v) is 3.76. The molecule has 1 aliphatic rings. The minimum atomic E-state index is 0.434. The molecule has 1 aliphatic carbocycles. The molecule has 1 saturated carbocycles. The molecule has 0 spiro atoms. The molecule has 0 aromatic heterocycles. The van der Waals surface area contributed by atoms with Crippen molar-refractivity contribution in [2.45, 2.75) is 65.3 Å². The second kappa shape index (κ2) is 5.16. The highest BCUT2D eigenvalue weighted by atomic mass is 15.0. The Hall–Kier alpha value is -0.0400.